The number of nitrogens with zero attached hydrogens (tertiary/aromatic N) is 1. The van der Waals surface area contributed by atoms with E-state index in [1.54, 1.807) is 0 Å². The van der Waals surface area contributed by atoms with Crippen LogP contribution in [0.15, 0.2) is 70.3 Å². The number of allylic oxidation sites excluding steroid dienone is 3. The lowest BCUT2D eigenvalue weighted by atomic mass is 10.1. The predicted molar refractivity (Wildman–Crippen MR) is 82.3 cm³/mol. The minimum Gasteiger partial charge on any atom is -0.361 e. The van der Waals surface area contributed by atoms with Gasteiger partial charge in [-0.05, 0) is 34.5 Å². The zero-order chi connectivity index (χ0) is 12.6. The summed E-state index contributed by atoms with van der Waals surface area (Å²) in [7, 11) is 0. The first kappa shape index (κ1) is 12.8. The Bertz CT molecular complexity index is 486. The molecule has 0 spiro atoms. The molecule has 1 aromatic rings. The Morgan fingerprint density at radius 2 is 2.11 bits per heavy atom. The van der Waals surface area contributed by atoms with Gasteiger partial charge in [-0.25, -0.2) is 0 Å². The molecule has 0 fully saturated rings. The van der Waals surface area contributed by atoms with Crippen molar-refractivity contribution in [2.24, 2.45) is 4.99 Å². The minimum atomic E-state index is 0.257. The van der Waals surface area contributed by atoms with E-state index >= 15 is 0 Å². The van der Waals surface area contributed by atoms with Crippen molar-refractivity contribution in [1.82, 2.24) is 0 Å². The fraction of sp³-hybridized carbons (Fsp3) is 0.133. The van der Waals surface area contributed by atoms with Crippen LogP contribution in [0.1, 0.15) is 6.42 Å². The molecule has 0 bridgehead atoms. The highest BCUT2D eigenvalue weighted by Gasteiger charge is 2.00. The first-order valence-corrected chi connectivity index (χ1v) is 6.67. The van der Waals surface area contributed by atoms with E-state index in [1.165, 1.54) is 0 Å². The maximum absolute atomic E-state index is 4.48. The number of rotatable bonds is 4. The summed E-state index contributed by atoms with van der Waals surface area (Å²) < 4.78 is 0.925. The van der Waals surface area contributed by atoms with E-state index < -0.39 is 0 Å². The van der Waals surface area contributed by atoms with Gasteiger partial charge in [-0.2, -0.15) is 0 Å². The van der Waals surface area contributed by atoms with E-state index in [-0.39, 0.29) is 6.04 Å². The highest BCUT2D eigenvalue weighted by Crippen LogP contribution is 2.10. The third kappa shape index (κ3) is 4.34. The second-order valence-electron chi connectivity index (χ2n) is 3.93. The molecule has 1 aromatic carbocycles. The van der Waals surface area contributed by atoms with E-state index in [4.69, 9.17) is 0 Å². The molecular formula is C15H15BrN2. The highest BCUT2D eigenvalue weighted by atomic mass is 79.9. The van der Waals surface area contributed by atoms with Crippen LogP contribution in [-0.4, -0.2) is 12.3 Å². The first-order valence-electron chi connectivity index (χ1n) is 5.88. The molecule has 1 N–H and O–H groups in total. The number of aliphatic imine (C=N–C) groups is 1. The number of hydrogen-bond donors (Lipinski definition) is 1. The van der Waals surface area contributed by atoms with Crippen LogP contribution < -0.4 is 5.32 Å². The number of hydrogen-bond acceptors (Lipinski definition) is 2. The Hall–Kier alpha value is -1.61. The predicted octanol–water partition coefficient (Wildman–Crippen LogP) is 4.29. The molecule has 0 saturated carbocycles. The van der Waals surface area contributed by atoms with Gasteiger partial charge in [-0.1, -0.05) is 42.5 Å². The van der Waals surface area contributed by atoms with Crippen LogP contribution >= 0.6 is 15.9 Å². The van der Waals surface area contributed by atoms with E-state index in [9.17, 15) is 0 Å². The smallest absolute Gasteiger partial charge is 0.0717 e. The van der Waals surface area contributed by atoms with Crippen molar-refractivity contribution in [3.05, 3.63) is 65.3 Å². The minimum absolute atomic E-state index is 0.257. The van der Waals surface area contributed by atoms with Crippen LogP contribution in [0.2, 0.25) is 0 Å². The molecule has 1 aliphatic carbocycles. The maximum Gasteiger partial charge on any atom is 0.0717 e. The SMILES string of the molecule is BrC(C=NC1C=CC=CC1)=CNc1ccccc1. The molecule has 92 valence electrons. The summed E-state index contributed by atoms with van der Waals surface area (Å²) >= 11 is 3.47. The van der Waals surface area contributed by atoms with Crippen LogP contribution in [0.25, 0.3) is 0 Å². The number of nitrogens with one attached hydrogen (secondary N) is 1. The van der Waals surface area contributed by atoms with Crippen molar-refractivity contribution in [1.29, 1.82) is 0 Å². The summed E-state index contributed by atoms with van der Waals surface area (Å²) in [5.41, 5.74) is 1.06. The van der Waals surface area contributed by atoms with Crippen molar-refractivity contribution in [3.8, 4) is 0 Å². The first-order chi connectivity index (χ1) is 8.84. The van der Waals surface area contributed by atoms with E-state index in [2.05, 4.69) is 38.4 Å². The largest absolute Gasteiger partial charge is 0.361 e. The Labute approximate surface area is 116 Å². The lowest BCUT2D eigenvalue weighted by molar-refractivity contribution is 0.832. The molecule has 0 aliphatic heterocycles. The average Bonchev–Trinajstić information content (AvgIpc) is 2.45. The van der Waals surface area contributed by atoms with E-state index in [0.29, 0.717) is 0 Å². The second-order valence-corrected chi connectivity index (χ2v) is 4.85. The number of halogens is 1. The molecule has 3 heteroatoms. The Balaban J connectivity index is 1.87. The van der Waals surface area contributed by atoms with Crippen molar-refractivity contribution < 1.29 is 0 Å². The van der Waals surface area contributed by atoms with Gasteiger partial charge < -0.3 is 5.32 Å². The topological polar surface area (TPSA) is 24.4 Å². The fourth-order valence-electron chi connectivity index (χ4n) is 1.57. The van der Waals surface area contributed by atoms with Crippen LogP contribution in [0.5, 0.6) is 0 Å². The molecule has 0 radical (unpaired) electrons. The van der Waals surface area contributed by atoms with Gasteiger partial charge in [0.05, 0.1) is 10.5 Å². The summed E-state index contributed by atoms with van der Waals surface area (Å²) in [6.07, 6.45) is 13.0. The van der Waals surface area contributed by atoms with Gasteiger partial charge in [-0.15, -0.1) is 0 Å². The van der Waals surface area contributed by atoms with Crippen LogP contribution in [0, 0.1) is 0 Å². The summed E-state index contributed by atoms with van der Waals surface area (Å²) in [4.78, 5) is 4.48. The van der Waals surface area contributed by atoms with Gasteiger partial charge in [0.2, 0.25) is 0 Å². The molecular weight excluding hydrogens is 288 g/mol. The zero-order valence-corrected chi connectivity index (χ0v) is 11.5. The third-order valence-electron chi connectivity index (χ3n) is 2.50. The summed E-state index contributed by atoms with van der Waals surface area (Å²) in [6, 6.07) is 10.3. The molecule has 0 heterocycles. The molecule has 0 saturated heterocycles. The van der Waals surface area contributed by atoms with Gasteiger partial charge in [0.25, 0.3) is 0 Å². The number of para-hydroxylation sites is 1. The second kappa shape index (κ2) is 6.97. The molecule has 0 aromatic heterocycles. The molecule has 2 rings (SSSR count). The Kier molecular flexibility index (Phi) is 4.97. The van der Waals surface area contributed by atoms with Gasteiger partial charge >= 0.3 is 0 Å². The molecule has 18 heavy (non-hydrogen) atoms. The van der Waals surface area contributed by atoms with E-state index in [0.717, 1.165) is 16.6 Å². The standard InChI is InChI=1S/C15H15BrN2/c16-13(11-17-14-7-3-1-4-8-14)12-18-15-9-5-2-6-10-15/h1-9,11-12,15,17H,10H2. The van der Waals surface area contributed by atoms with Crippen molar-refractivity contribution in [2.75, 3.05) is 5.32 Å². The van der Waals surface area contributed by atoms with Crippen LogP contribution in [0.4, 0.5) is 5.69 Å². The average molecular weight is 303 g/mol. The highest BCUT2D eigenvalue weighted by molar-refractivity contribution is 9.12. The van der Waals surface area contributed by atoms with Gasteiger partial charge in [0, 0.05) is 18.1 Å². The molecule has 0 amide bonds. The van der Waals surface area contributed by atoms with Crippen molar-refractivity contribution in [2.45, 2.75) is 12.5 Å². The van der Waals surface area contributed by atoms with Crippen LogP contribution in [0.3, 0.4) is 0 Å². The van der Waals surface area contributed by atoms with Crippen molar-refractivity contribution in [3.63, 3.8) is 0 Å². The van der Waals surface area contributed by atoms with E-state index in [1.807, 2.05) is 54.9 Å². The Morgan fingerprint density at radius 1 is 1.28 bits per heavy atom. The number of anilines is 1. The molecule has 1 aliphatic rings. The summed E-state index contributed by atoms with van der Waals surface area (Å²) in [5.74, 6) is 0. The number of benzene rings is 1. The molecule has 1 atom stereocenters. The third-order valence-corrected chi connectivity index (χ3v) is 2.93. The lowest BCUT2D eigenvalue weighted by Crippen LogP contribution is -2.01. The van der Waals surface area contributed by atoms with Gasteiger partial charge in [0.1, 0.15) is 0 Å². The monoisotopic (exact) mass is 302 g/mol. The van der Waals surface area contributed by atoms with Crippen molar-refractivity contribution >= 4 is 27.8 Å². The lowest BCUT2D eigenvalue weighted by Gasteiger charge is -2.06. The molecule has 2 nitrogen and oxygen atoms in total. The van der Waals surface area contributed by atoms with Crippen LogP contribution in [-0.2, 0) is 0 Å². The summed E-state index contributed by atoms with van der Waals surface area (Å²) in [5, 5.41) is 3.20. The quantitative estimate of drug-likeness (QED) is 0.824. The van der Waals surface area contributed by atoms with Gasteiger partial charge in [-0.3, -0.25) is 4.99 Å². The van der Waals surface area contributed by atoms with Gasteiger partial charge in [0.15, 0.2) is 0 Å². The maximum atomic E-state index is 4.48. The fourth-order valence-corrected chi connectivity index (χ4v) is 1.80. The molecule has 1 unspecified atom stereocenters. The zero-order valence-electron chi connectivity index (χ0n) is 9.96. The normalized spacial score (nSPS) is 19.4. The summed E-state index contributed by atoms with van der Waals surface area (Å²) in [6.45, 7) is 0. The Morgan fingerprint density at radius 3 is 2.83 bits per heavy atom.